The zero-order chi connectivity index (χ0) is 24.3. The van der Waals surface area contributed by atoms with Crippen LogP contribution in [0.15, 0.2) is 41.2 Å². The molecule has 2 aromatic rings. The van der Waals surface area contributed by atoms with E-state index in [1.54, 1.807) is 31.1 Å². The van der Waals surface area contributed by atoms with Gasteiger partial charge >= 0.3 is 12.5 Å². The van der Waals surface area contributed by atoms with Gasteiger partial charge in [-0.25, -0.2) is 13.6 Å². The fourth-order valence-corrected chi connectivity index (χ4v) is 3.06. The van der Waals surface area contributed by atoms with Gasteiger partial charge in [-0.3, -0.25) is 14.5 Å². The first-order chi connectivity index (χ1) is 15.6. The number of anilines is 4. The average Bonchev–Trinajstić information content (AvgIpc) is 3.01. The van der Waals surface area contributed by atoms with Gasteiger partial charge in [-0.05, 0) is 24.3 Å². The van der Waals surface area contributed by atoms with Gasteiger partial charge in [0, 0.05) is 31.9 Å². The number of benzene rings is 1. The number of hydrogen-bond acceptors (Lipinski definition) is 6. The molecule has 1 unspecified atom stereocenters. The molecule has 12 heteroatoms. The van der Waals surface area contributed by atoms with E-state index in [2.05, 4.69) is 5.32 Å². The second-order valence-corrected chi connectivity index (χ2v) is 7.34. The summed E-state index contributed by atoms with van der Waals surface area (Å²) in [7, 11) is 3.54. The summed E-state index contributed by atoms with van der Waals surface area (Å²) >= 11 is 0. The number of halogens is 4. The molecule has 1 atom stereocenters. The van der Waals surface area contributed by atoms with Crippen LogP contribution in [0.25, 0.3) is 0 Å². The van der Waals surface area contributed by atoms with Crippen molar-refractivity contribution in [2.75, 3.05) is 42.3 Å². The summed E-state index contributed by atoms with van der Waals surface area (Å²) in [6, 6.07) is 7.54. The molecule has 1 saturated heterocycles. The van der Waals surface area contributed by atoms with E-state index in [0.29, 0.717) is 5.69 Å². The highest BCUT2D eigenvalue weighted by Gasteiger charge is 2.34. The van der Waals surface area contributed by atoms with Crippen LogP contribution in [0.1, 0.15) is 0 Å². The van der Waals surface area contributed by atoms with E-state index in [9.17, 15) is 31.9 Å². The summed E-state index contributed by atoms with van der Waals surface area (Å²) in [5.74, 6) is -3.68. The molecule has 0 radical (unpaired) electrons. The zero-order valence-electron chi connectivity index (χ0n) is 17.6. The predicted octanol–water partition coefficient (Wildman–Crippen LogP) is 2.84. The SMILES string of the molecule is CN(C)c1ccc(Nc2c(F)cc(N3CC(CNC(=O)C(F)F)OC3=O)cc2F)c(=O)cc1. The van der Waals surface area contributed by atoms with Crippen LogP contribution in [-0.2, 0) is 9.53 Å². The van der Waals surface area contributed by atoms with Crippen molar-refractivity contribution in [3.05, 3.63) is 58.3 Å². The van der Waals surface area contributed by atoms with E-state index in [0.717, 1.165) is 17.0 Å². The summed E-state index contributed by atoms with van der Waals surface area (Å²) < 4.78 is 58.9. The van der Waals surface area contributed by atoms with E-state index in [1.165, 1.54) is 12.1 Å². The molecule has 8 nitrogen and oxygen atoms in total. The van der Waals surface area contributed by atoms with E-state index >= 15 is 0 Å². The lowest BCUT2D eigenvalue weighted by Gasteiger charge is -2.16. The van der Waals surface area contributed by atoms with Crippen molar-refractivity contribution in [2.24, 2.45) is 0 Å². The normalized spacial score (nSPS) is 15.4. The number of nitrogens with zero attached hydrogens (tertiary/aromatic N) is 2. The minimum atomic E-state index is -3.22. The van der Waals surface area contributed by atoms with Crippen LogP contribution in [0.3, 0.4) is 0 Å². The van der Waals surface area contributed by atoms with E-state index < -0.39 is 47.3 Å². The van der Waals surface area contributed by atoms with Crippen LogP contribution in [0.2, 0.25) is 0 Å². The summed E-state index contributed by atoms with van der Waals surface area (Å²) in [4.78, 5) is 37.9. The third-order valence-electron chi connectivity index (χ3n) is 4.78. The topological polar surface area (TPSA) is 91.0 Å². The quantitative estimate of drug-likeness (QED) is 0.608. The molecular weight excluding hydrogens is 448 g/mol. The Morgan fingerprint density at radius 1 is 1.15 bits per heavy atom. The smallest absolute Gasteiger partial charge is 0.414 e. The molecule has 1 aliphatic heterocycles. The minimum absolute atomic E-state index is 0.0657. The van der Waals surface area contributed by atoms with Crippen molar-refractivity contribution >= 4 is 34.7 Å². The number of amides is 2. The second kappa shape index (κ2) is 9.76. The van der Waals surface area contributed by atoms with Gasteiger partial charge in [0.15, 0.2) is 11.6 Å². The van der Waals surface area contributed by atoms with Gasteiger partial charge < -0.3 is 20.3 Å². The van der Waals surface area contributed by atoms with Crippen molar-refractivity contribution in [2.45, 2.75) is 12.5 Å². The fourth-order valence-electron chi connectivity index (χ4n) is 3.06. The average molecular weight is 468 g/mol. The van der Waals surface area contributed by atoms with Gasteiger partial charge in [0.2, 0.25) is 5.43 Å². The Labute approximate surface area is 185 Å². The molecule has 176 valence electrons. The molecule has 0 spiro atoms. The lowest BCUT2D eigenvalue weighted by molar-refractivity contribution is -0.132. The van der Waals surface area contributed by atoms with Crippen LogP contribution in [0, 0.1) is 11.6 Å². The van der Waals surface area contributed by atoms with Crippen molar-refractivity contribution < 1.29 is 31.9 Å². The number of rotatable bonds is 7. The largest absolute Gasteiger partial charge is 0.442 e. The Kier molecular flexibility index (Phi) is 7.04. The molecule has 0 saturated carbocycles. The maximum Gasteiger partial charge on any atom is 0.414 e. The van der Waals surface area contributed by atoms with E-state index in [-0.39, 0.29) is 24.5 Å². The monoisotopic (exact) mass is 468 g/mol. The number of cyclic esters (lactones) is 1. The van der Waals surface area contributed by atoms with Crippen LogP contribution in [-0.4, -0.2) is 51.7 Å². The van der Waals surface area contributed by atoms with Gasteiger partial charge in [-0.2, -0.15) is 8.78 Å². The predicted molar refractivity (Wildman–Crippen MR) is 113 cm³/mol. The van der Waals surface area contributed by atoms with Gasteiger partial charge in [-0.1, -0.05) is 0 Å². The Bertz CT molecular complexity index is 1110. The van der Waals surface area contributed by atoms with Gasteiger partial charge in [0.05, 0.1) is 24.5 Å². The highest BCUT2D eigenvalue weighted by Crippen LogP contribution is 2.30. The van der Waals surface area contributed by atoms with Crippen LogP contribution in [0.4, 0.5) is 45.1 Å². The highest BCUT2D eigenvalue weighted by atomic mass is 19.3. The van der Waals surface area contributed by atoms with Crippen molar-refractivity contribution in [1.29, 1.82) is 0 Å². The maximum absolute atomic E-state index is 14.7. The summed E-state index contributed by atoms with van der Waals surface area (Å²) in [5, 5.41) is 4.35. The van der Waals surface area contributed by atoms with Crippen LogP contribution in [0.5, 0.6) is 0 Å². The Morgan fingerprint density at radius 2 is 1.79 bits per heavy atom. The molecule has 2 amide bonds. The minimum Gasteiger partial charge on any atom is -0.442 e. The third-order valence-corrected chi connectivity index (χ3v) is 4.78. The summed E-state index contributed by atoms with van der Waals surface area (Å²) in [6.45, 7) is -0.608. The van der Waals surface area contributed by atoms with Crippen molar-refractivity contribution in [3.8, 4) is 0 Å². The first-order valence-corrected chi connectivity index (χ1v) is 9.68. The number of carbonyl (C=O) groups excluding carboxylic acids is 2. The molecule has 2 aromatic carbocycles. The van der Waals surface area contributed by atoms with Crippen molar-refractivity contribution in [1.82, 2.24) is 5.32 Å². The van der Waals surface area contributed by atoms with Gasteiger partial charge in [0.25, 0.3) is 5.91 Å². The molecule has 2 N–H and O–H groups in total. The Balaban J connectivity index is 1.78. The lowest BCUT2D eigenvalue weighted by atomic mass is 10.2. The highest BCUT2D eigenvalue weighted by molar-refractivity contribution is 5.90. The molecule has 0 aromatic heterocycles. The second-order valence-electron chi connectivity index (χ2n) is 7.34. The third kappa shape index (κ3) is 5.51. The zero-order valence-corrected chi connectivity index (χ0v) is 17.6. The first-order valence-electron chi connectivity index (χ1n) is 9.68. The number of nitrogens with one attached hydrogen (secondary N) is 2. The Morgan fingerprint density at radius 3 is 2.39 bits per heavy atom. The molecular formula is C21H20F4N4O4. The molecule has 1 heterocycles. The van der Waals surface area contributed by atoms with E-state index in [4.69, 9.17) is 4.74 Å². The molecule has 0 bridgehead atoms. The fraction of sp³-hybridized carbons (Fsp3) is 0.286. The van der Waals surface area contributed by atoms with Crippen molar-refractivity contribution in [3.63, 3.8) is 0 Å². The Hall–Kier alpha value is -3.83. The maximum atomic E-state index is 14.7. The molecule has 3 rings (SSSR count). The first kappa shape index (κ1) is 23.8. The van der Waals surface area contributed by atoms with Crippen LogP contribution < -0.4 is 25.9 Å². The molecule has 33 heavy (non-hydrogen) atoms. The number of ether oxygens (including phenoxy) is 1. The number of carbonyl (C=O) groups is 2. The van der Waals surface area contributed by atoms with Gasteiger partial charge in [-0.15, -0.1) is 0 Å². The standard InChI is InChI=1S/C21H20F4N4O4/c1-28(2)11-3-5-16(17(30)6-4-11)27-18-14(22)7-12(8-15(18)23)29-10-13(33-21(29)32)9-26-20(31)19(24)25/h3-8,13,19H,9-10H2,1-2H3,(H,26,31)(H,27,30). The van der Waals surface area contributed by atoms with E-state index in [1.807, 2.05) is 5.32 Å². The number of hydrogen-bond donors (Lipinski definition) is 2. The summed E-state index contributed by atoms with van der Waals surface area (Å²) in [5.41, 5.74) is -0.643. The lowest BCUT2D eigenvalue weighted by Crippen LogP contribution is -2.37. The molecule has 0 aliphatic carbocycles. The molecule has 1 aliphatic rings. The van der Waals surface area contributed by atoms with Crippen LogP contribution >= 0.6 is 0 Å². The summed E-state index contributed by atoms with van der Waals surface area (Å²) in [6.07, 6.45) is -5.17. The van der Waals surface area contributed by atoms with Gasteiger partial charge in [0.1, 0.15) is 11.8 Å². The number of alkyl halides is 2. The molecule has 1 fully saturated rings.